The van der Waals surface area contributed by atoms with E-state index in [1.807, 2.05) is 18.2 Å². The van der Waals surface area contributed by atoms with E-state index in [-0.39, 0.29) is 24.2 Å². The van der Waals surface area contributed by atoms with Crippen LogP contribution in [-0.2, 0) is 4.79 Å². The number of hydrogen-bond donors (Lipinski definition) is 1. The SMILES string of the molecule is NCCN1C(=O)S/C(=C/c2ccc(Br)c(Br)c2)C1=O. The van der Waals surface area contributed by atoms with Crippen LogP contribution in [0.15, 0.2) is 32.0 Å². The van der Waals surface area contributed by atoms with E-state index >= 15 is 0 Å². The second kappa shape index (κ2) is 6.21. The Hall–Kier alpha value is -0.630. The lowest BCUT2D eigenvalue weighted by Gasteiger charge is -2.09. The van der Waals surface area contributed by atoms with Gasteiger partial charge in [0.1, 0.15) is 0 Å². The van der Waals surface area contributed by atoms with Crippen molar-refractivity contribution < 1.29 is 9.59 Å². The van der Waals surface area contributed by atoms with Crippen molar-refractivity contribution in [1.29, 1.82) is 0 Å². The average molecular weight is 406 g/mol. The van der Waals surface area contributed by atoms with Crippen LogP contribution in [0.25, 0.3) is 6.08 Å². The summed E-state index contributed by atoms with van der Waals surface area (Å²) >= 11 is 7.72. The lowest BCUT2D eigenvalue weighted by molar-refractivity contribution is -0.122. The number of amides is 2. The third-order valence-electron chi connectivity index (χ3n) is 2.47. The first kappa shape index (κ1) is 14.8. The van der Waals surface area contributed by atoms with Gasteiger partial charge in [0, 0.05) is 22.0 Å². The molecule has 0 spiro atoms. The number of hydrogen-bond acceptors (Lipinski definition) is 4. The minimum Gasteiger partial charge on any atom is -0.329 e. The van der Waals surface area contributed by atoms with E-state index in [2.05, 4.69) is 31.9 Å². The molecule has 0 aromatic heterocycles. The number of nitrogens with two attached hydrogens (primary N) is 1. The molecule has 7 heteroatoms. The van der Waals surface area contributed by atoms with Crippen molar-refractivity contribution in [1.82, 2.24) is 4.90 Å². The lowest BCUT2D eigenvalue weighted by atomic mass is 10.2. The van der Waals surface area contributed by atoms with Crippen LogP contribution >= 0.6 is 43.6 Å². The minimum atomic E-state index is -0.278. The Bertz CT molecular complexity index is 575. The number of benzene rings is 1. The smallest absolute Gasteiger partial charge is 0.293 e. The van der Waals surface area contributed by atoms with Crippen LogP contribution < -0.4 is 5.73 Å². The highest BCUT2D eigenvalue weighted by Crippen LogP contribution is 2.33. The standard InChI is InChI=1S/C12H10Br2N2O2S/c13-8-2-1-7(5-9(8)14)6-10-11(17)16(4-3-15)12(18)19-10/h1-2,5-6H,3-4,15H2/b10-6+. The summed E-state index contributed by atoms with van der Waals surface area (Å²) < 4.78 is 1.82. The molecule has 0 aliphatic carbocycles. The highest BCUT2D eigenvalue weighted by Gasteiger charge is 2.34. The molecule has 1 saturated heterocycles. The molecule has 1 aliphatic heterocycles. The molecule has 0 atom stereocenters. The van der Waals surface area contributed by atoms with Gasteiger partial charge < -0.3 is 5.73 Å². The number of imide groups is 1. The zero-order valence-electron chi connectivity index (χ0n) is 9.73. The summed E-state index contributed by atoms with van der Waals surface area (Å²) in [5.41, 5.74) is 6.24. The topological polar surface area (TPSA) is 63.4 Å². The van der Waals surface area contributed by atoms with Crippen LogP contribution in [-0.4, -0.2) is 29.1 Å². The third kappa shape index (κ3) is 3.28. The number of carbonyl (C=O) groups excluding carboxylic acids is 2. The second-order valence-electron chi connectivity index (χ2n) is 3.80. The Labute approximate surface area is 131 Å². The van der Waals surface area contributed by atoms with Gasteiger partial charge in [-0.25, -0.2) is 0 Å². The molecular weight excluding hydrogens is 396 g/mol. The van der Waals surface area contributed by atoms with Crippen molar-refractivity contribution in [3.05, 3.63) is 37.6 Å². The molecule has 100 valence electrons. The van der Waals surface area contributed by atoms with Crippen molar-refractivity contribution in [3.8, 4) is 0 Å². The van der Waals surface area contributed by atoms with Gasteiger partial charge in [-0.1, -0.05) is 6.07 Å². The summed E-state index contributed by atoms with van der Waals surface area (Å²) in [4.78, 5) is 25.2. The Morgan fingerprint density at radius 2 is 2.00 bits per heavy atom. The van der Waals surface area contributed by atoms with Crippen LogP contribution in [0.2, 0.25) is 0 Å². The van der Waals surface area contributed by atoms with E-state index in [4.69, 9.17) is 5.73 Å². The van der Waals surface area contributed by atoms with Crippen molar-refractivity contribution in [3.63, 3.8) is 0 Å². The molecule has 2 rings (SSSR count). The van der Waals surface area contributed by atoms with Gasteiger partial charge in [-0.15, -0.1) is 0 Å². The van der Waals surface area contributed by atoms with E-state index in [0.717, 1.165) is 26.3 Å². The van der Waals surface area contributed by atoms with Gasteiger partial charge >= 0.3 is 0 Å². The van der Waals surface area contributed by atoms with Gasteiger partial charge in [0.05, 0.1) is 4.91 Å². The predicted molar refractivity (Wildman–Crippen MR) is 83.6 cm³/mol. The predicted octanol–water partition coefficient (Wildman–Crippen LogP) is 3.21. The fourth-order valence-electron chi connectivity index (χ4n) is 1.58. The first-order chi connectivity index (χ1) is 9.02. The molecule has 0 radical (unpaired) electrons. The average Bonchev–Trinajstić information content (AvgIpc) is 2.62. The number of rotatable bonds is 3. The molecule has 1 fully saturated rings. The summed E-state index contributed by atoms with van der Waals surface area (Å²) in [6.45, 7) is 0.529. The maximum Gasteiger partial charge on any atom is 0.293 e. The lowest BCUT2D eigenvalue weighted by Crippen LogP contribution is -2.33. The number of carbonyl (C=O) groups is 2. The minimum absolute atomic E-state index is 0.256. The van der Waals surface area contributed by atoms with Gasteiger partial charge in [0.25, 0.3) is 11.1 Å². The molecule has 0 unspecified atom stereocenters. The van der Waals surface area contributed by atoms with Gasteiger partial charge in [-0.05, 0) is 67.4 Å². The molecule has 1 aromatic carbocycles. The number of thioether (sulfide) groups is 1. The number of halogens is 2. The van der Waals surface area contributed by atoms with Crippen LogP contribution in [0, 0.1) is 0 Å². The van der Waals surface area contributed by atoms with Gasteiger partial charge in [0.15, 0.2) is 0 Å². The van der Waals surface area contributed by atoms with E-state index in [0.29, 0.717) is 4.91 Å². The highest BCUT2D eigenvalue weighted by molar-refractivity contribution is 9.13. The molecule has 4 nitrogen and oxygen atoms in total. The molecule has 2 N–H and O–H groups in total. The van der Waals surface area contributed by atoms with Crippen LogP contribution in [0.5, 0.6) is 0 Å². The van der Waals surface area contributed by atoms with Crippen molar-refractivity contribution in [2.24, 2.45) is 5.73 Å². The van der Waals surface area contributed by atoms with E-state index < -0.39 is 0 Å². The van der Waals surface area contributed by atoms with Gasteiger partial charge in [-0.3, -0.25) is 14.5 Å². The van der Waals surface area contributed by atoms with Gasteiger partial charge in [-0.2, -0.15) is 0 Å². The third-order valence-corrected chi connectivity index (χ3v) is 5.25. The molecule has 2 amide bonds. The molecule has 1 heterocycles. The second-order valence-corrected chi connectivity index (χ2v) is 6.50. The molecular formula is C12H10Br2N2O2S. The Kier molecular flexibility index (Phi) is 4.83. The Balaban J connectivity index is 2.27. The maximum absolute atomic E-state index is 12.0. The summed E-state index contributed by atoms with van der Waals surface area (Å²) in [6, 6.07) is 5.62. The van der Waals surface area contributed by atoms with E-state index in [1.165, 1.54) is 4.90 Å². The largest absolute Gasteiger partial charge is 0.329 e. The van der Waals surface area contributed by atoms with Crippen molar-refractivity contribution in [2.45, 2.75) is 0 Å². The molecule has 1 aromatic rings. The summed E-state index contributed by atoms with van der Waals surface area (Å²) in [5.74, 6) is -0.278. The first-order valence-electron chi connectivity index (χ1n) is 5.43. The normalized spacial score (nSPS) is 17.6. The van der Waals surface area contributed by atoms with E-state index in [1.54, 1.807) is 6.08 Å². The quantitative estimate of drug-likeness (QED) is 0.784. The molecule has 1 aliphatic rings. The number of nitrogens with zero attached hydrogens (tertiary/aromatic N) is 1. The fourth-order valence-corrected chi connectivity index (χ4v) is 3.08. The maximum atomic E-state index is 12.0. The van der Waals surface area contributed by atoms with Crippen LogP contribution in [0.3, 0.4) is 0 Å². The zero-order valence-corrected chi connectivity index (χ0v) is 13.7. The molecule has 0 bridgehead atoms. The van der Waals surface area contributed by atoms with Crippen molar-refractivity contribution >= 4 is 60.8 Å². The van der Waals surface area contributed by atoms with Crippen LogP contribution in [0.1, 0.15) is 5.56 Å². The van der Waals surface area contributed by atoms with Crippen molar-refractivity contribution in [2.75, 3.05) is 13.1 Å². The summed E-state index contributed by atoms with van der Waals surface area (Å²) in [6.07, 6.45) is 1.71. The zero-order chi connectivity index (χ0) is 14.0. The molecule has 19 heavy (non-hydrogen) atoms. The Morgan fingerprint density at radius 1 is 1.26 bits per heavy atom. The Morgan fingerprint density at radius 3 is 2.63 bits per heavy atom. The monoisotopic (exact) mass is 404 g/mol. The highest BCUT2D eigenvalue weighted by atomic mass is 79.9. The fraction of sp³-hybridized carbons (Fsp3) is 0.167. The first-order valence-corrected chi connectivity index (χ1v) is 7.83. The molecule has 0 saturated carbocycles. The summed E-state index contributed by atoms with van der Waals surface area (Å²) in [5, 5.41) is -0.266. The van der Waals surface area contributed by atoms with E-state index in [9.17, 15) is 9.59 Å². The van der Waals surface area contributed by atoms with Crippen LogP contribution in [0.4, 0.5) is 4.79 Å². The van der Waals surface area contributed by atoms with Gasteiger partial charge in [0.2, 0.25) is 0 Å². The summed E-state index contributed by atoms with van der Waals surface area (Å²) in [7, 11) is 0.